The van der Waals surface area contributed by atoms with Gasteiger partial charge in [0, 0.05) is 5.56 Å². The molecule has 0 saturated carbocycles. The van der Waals surface area contributed by atoms with Crippen LogP contribution in [-0.2, 0) is 10.8 Å². The van der Waals surface area contributed by atoms with E-state index in [1.165, 1.54) is 11.1 Å². The number of benzene rings is 2. The predicted molar refractivity (Wildman–Crippen MR) is 117 cm³/mol. The van der Waals surface area contributed by atoms with Crippen molar-refractivity contribution in [1.82, 2.24) is 0 Å². The molecule has 4 heteroatoms. The zero-order valence-corrected chi connectivity index (χ0v) is 18.1. The highest BCUT2D eigenvalue weighted by atomic mass is 16.5. The van der Waals surface area contributed by atoms with Gasteiger partial charge < -0.3 is 14.6 Å². The molecule has 0 unspecified atom stereocenters. The Balaban J connectivity index is 2.15. The summed E-state index contributed by atoms with van der Waals surface area (Å²) in [5.41, 5.74) is 4.69. The van der Waals surface area contributed by atoms with Crippen LogP contribution in [0.15, 0.2) is 30.3 Å². The molecule has 1 N–H and O–H groups in total. The Morgan fingerprint density at radius 3 is 2.14 bits per heavy atom. The van der Waals surface area contributed by atoms with Crippen molar-refractivity contribution >= 4 is 18.1 Å². The number of fused-ring (bicyclic) bond motifs is 1. The molecule has 0 radical (unpaired) electrons. The van der Waals surface area contributed by atoms with E-state index >= 15 is 0 Å². The van der Waals surface area contributed by atoms with Gasteiger partial charge in [-0.15, -0.1) is 0 Å². The van der Waals surface area contributed by atoms with Crippen molar-refractivity contribution in [3.63, 3.8) is 0 Å². The maximum absolute atomic E-state index is 11.1. The van der Waals surface area contributed by atoms with E-state index in [2.05, 4.69) is 33.8 Å². The Labute approximate surface area is 173 Å². The average molecular weight is 395 g/mol. The monoisotopic (exact) mass is 394 g/mol. The minimum atomic E-state index is -0.927. The maximum atomic E-state index is 11.1. The van der Waals surface area contributed by atoms with Crippen molar-refractivity contribution < 1.29 is 19.4 Å². The molecule has 4 nitrogen and oxygen atoms in total. The number of aromatic carboxylic acids is 1. The number of carbonyl (C=O) groups is 1. The van der Waals surface area contributed by atoms with Crippen LogP contribution in [0.2, 0.25) is 0 Å². The van der Waals surface area contributed by atoms with E-state index in [4.69, 9.17) is 14.6 Å². The van der Waals surface area contributed by atoms with Crippen LogP contribution in [0.3, 0.4) is 0 Å². The molecule has 29 heavy (non-hydrogen) atoms. The molecule has 1 aliphatic carbocycles. The van der Waals surface area contributed by atoms with E-state index in [1.807, 2.05) is 12.2 Å². The number of ether oxygens (including phenoxy) is 2. The van der Waals surface area contributed by atoms with Crippen molar-refractivity contribution in [1.29, 1.82) is 0 Å². The summed E-state index contributed by atoms with van der Waals surface area (Å²) in [5, 5.41) is 9.07. The van der Waals surface area contributed by atoms with Gasteiger partial charge in [0.05, 0.1) is 25.3 Å². The molecular weight excluding hydrogens is 364 g/mol. The summed E-state index contributed by atoms with van der Waals surface area (Å²) in [4.78, 5) is 11.1. The number of rotatable bonds is 5. The zero-order chi connectivity index (χ0) is 21.4. The summed E-state index contributed by atoms with van der Waals surface area (Å²) in [5.74, 6) is 0.712. The van der Waals surface area contributed by atoms with Crippen LogP contribution in [0.4, 0.5) is 0 Å². The van der Waals surface area contributed by atoms with Crippen molar-refractivity contribution in [3.8, 4) is 11.5 Å². The van der Waals surface area contributed by atoms with E-state index in [0.717, 1.165) is 35.5 Å². The average Bonchev–Trinajstić information content (AvgIpc) is 2.69. The van der Waals surface area contributed by atoms with Crippen LogP contribution in [-0.4, -0.2) is 25.3 Å². The first-order valence-electron chi connectivity index (χ1n) is 9.92. The zero-order valence-electron chi connectivity index (χ0n) is 18.1. The van der Waals surface area contributed by atoms with Gasteiger partial charge in [0.1, 0.15) is 11.5 Å². The van der Waals surface area contributed by atoms with Gasteiger partial charge in [-0.1, -0.05) is 45.9 Å². The summed E-state index contributed by atoms with van der Waals surface area (Å²) in [6, 6.07) is 8.96. The molecule has 154 valence electrons. The molecule has 0 fully saturated rings. The fourth-order valence-electron chi connectivity index (χ4n) is 4.20. The third-order valence-electron chi connectivity index (χ3n) is 6.09. The van der Waals surface area contributed by atoms with Gasteiger partial charge in [-0.25, -0.2) is 4.79 Å². The van der Waals surface area contributed by atoms with Crippen LogP contribution in [0, 0.1) is 0 Å². The number of hydrogen-bond acceptors (Lipinski definition) is 3. The Morgan fingerprint density at radius 1 is 0.966 bits per heavy atom. The lowest BCUT2D eigenvalue weighted by Gasteiger charge is -2.43. The van der Waals surface area contributed by atoms with Gasteiger partial charge in [-0.05, 0) is 59.1 Å². The molecule has 0 aliphatic heterocycles. The second-order valence-electron chi connectivity index (χ2n) is 8.98. The first kappa shape index (κ1) is 21.0. The molecule has 1 aliphatic rings. The molecule has 3 rings (SSSR count). The predicted octanol–water partition coefficient (Wildman–Crippen LogP) is 5.92. The smallest absolute Gasteiger partial charge is 0.335 e. The lowest BCUT2D eigenvalue weighted by atomic mass is 9.62. The Hall–Kier alpha value is -2.75. The molecule has 0 saturated heterocycles. The second kappa shape index (κ2) is 7.58. The van der Waals surface area contributed by atoms with Crippen molar-refractivity contribution in [2.45, 2.75) is 51.4 Å². The standard InChI is InChI=1S/C25H30O4/c1-24(2)13-14-25(3,4)21-19(24)15-20(28-5)18(22(21)29-6)12-9-16-7-10-17(11-8-16)23(26)27/h7-12,15H,13-14H2,1-6H3,(H,26,27)/b12-9+. The van der Waals surface area contributed by atoms with E-state index in [1.54, 1.807) is 38.5 Å². The first-order chi connectivity index (χ1) is 13.6. The largest absolute Gasteiger partial charge is 0.496 e. The molecule has 0 spiro atoms. The van der Waals surface area contributed by atoms with Crippen LogP contribution >= 0.6 is 0 Å². The molecule has 0 aromatic heterocycles. The number of hydrogen-bond donors (Lipinski definition) is 1. The second-order valence-corrected chi connectivity index (χ2v) is 8.98. The highest BCUT2D eigenvalue weighted by Crippen LogP contribution is 2.52. The summed E-state index contributed by atoms with van der Waals surface area (Å²) in [6.07, 6.45) is 6.16. The number of methoxy groups -OCH3 is 2. The molecule has 2 aromatic carbocycles. The third kappa shape index (κ3) is 3.89. The van der Waals surface area contributed by atoms with Gasteiger partial charge in [0.25, 0.3) is 0 Å². The van der Waals surface area contributed by atoms with E-state index in [9.17, 15) is 4.79 Å². The van der Waals surface area contributed by atoms with Gasteiger partial charge in [-0.3, -0.25) is 0 Å². The van der Waals surface area contributed by atoms with E-state index in [0.29, 0.717) is 0 Å². The lowest BCUT2D eigenvalue weighted by molar-refractivity contribution is 0.0697. The van der Waals surface area contributed by atoms with Gasteiger partial charge in [-0.2, -0.15) is 0 Å². The Bertz CT molecular complexity index is 950. The number of carboxylic acid groups (broad SMARTS) is 1. The first-order valence-corrected chi connectivity index (χ1v) is 9.92. The molecule has 0 bridgehead atoms. The highest BCUT2D eigenvalue weighted by Gasteiger charge is 2.40. The van der Waals surface area contributed by atoms with Gasteiger partial charge >= 0.3 is 5.97 Å². The van der Waals surface area contributed by atoms with Gasteiger partial charge in [0.2, 0.25) is 0 Å². The summed E-state index contributed by atoms with van der Waals surface area (Å²) >= 11 is 0. The van der Waals surface area contributed by atoms with Crippen LogP contribution < -0.4 is 9.47 Å². The van der Waals surface area contributed by atoms with Crippen LogP contribution in [0.5, 0.6) is 11.5 Å². The van der Waals surface area contributed by atoms with E-state index < -0.39 is 5.97 Å². The van der Waals surface area contributed by atoms with Crippen molar-refractivity contribution in [3.05, 3.63) is 58.1 Å². The fourth-order valence-corrected chi connectivity index (χ4v) is 4.20. The SMILES string of the molecule is COc1cc2c(c(OC)c1/C=C/c1ccc(C(=O)O)cc1)C(C)(C)CCC2(C)C. The lowest BCUT2D eigenvalue weighted by Crippen LogP contribution is -2.34. The van der Waals surface area contributed by atoms with Crippen LogP contribution in [0.1, 0.15) is 73.1 Å². The summed E-state index contributed by atoms with van der Waals surface area (Å²) in [7, 11) is 3.40. The van der Waals surface area contributed by atoms with Crippen molar-refractivity contribution in [2.24, 2.45) is 0 Å². The highest BCUT2D eigenvalue weighted by molar-refractivity contribution is 5.88. The third-order valence-corrected chi connectivity index (χ3v) is 6.09. The summed E-state index contributed by atoms with van der Waals surface area (Å²) < 4.78 is 11.7. The minimum Gasteiger partial charge on any atom is -0.496 e. The van der Waals surface area contributed by atoms with Crippen LogP contribution in [0.25, 0.3) is 12.2 Å². The molecular formula is C25H30O4. The quantitative estimate of drug-likeness (QED) is 0.640. The number of carboxylic acids is 1. The topological polar surface area (TPSA) is 55.8 Å². The van der Waals surface area contributed by atoms with E-state index in [-0.39, 0.29) is 16.4 Å². The minimum absolute atomic E-state index is 0.00813. The molecule has 0 heterocycles. The van der Waals surface area contributed by atoms with Gasteiger partial charge in [0.15, 0.2) is 0 Å². The Morgan fingerprint density at radius 2 is 1.59 bits per heavy atom. The molecule has 2 aromatic rings. The Kier molecular flexibility index (Phi) is 5.48. The molecule has 0 atom stereocenters. The van der Waals surface area contributed by atoms with Crippen molar-refractivity contribution in [2.75, 3.05) is 14.2 Å². The normalized spacial score (nSPS) is 17.0. The maximum Gasteiger partial charge on any atom is 0.335 e. The summed E-state index contributed by atoms with van der Waals surface area (Å²) in [6.45, 7) is 9.10. The molecule has 0 amide bonds. The fraction of sp³-hybridized carbons (Fsp3) is 0.400.